The third-order valence-corrected chi connectivity index (χ3v) is 5.45. The molecule has 0 bridgehead atoms. The van der Waals surface area contributed by atoms with Crippen LogP contribution in [0.25, 0.3) is 0 Å². The van der Waals surface area contributed by atoms with Crippen LogP contribution < -0.4 is 4.74 Å². The molecule has 29 heavy (non-hydrogen) atoms. The fraction of sp³-hybridized carbons (Fsp3) is 0.318. The van der Waals surface area contributed by atoms with Crippen LogP contribution >= 0.6 is 11.8 Å². The minimum atomic E-state index is -0.967. The summed E-state index contributed by atoms with van der Waals surface area (Å²) < 4.78 is 10.8. The Labute approximate surface area is 174 Å². The molecule has 0 saturated heterocycles. The molecule has 0 fully saturated rings. The maximum absolute atomic E-state index is 12.9. The Morgan fingerprint density at radius 2 is 1.76 bits per heavy atom. The third-order valence-electron chi connectivity index (χ3n) is 4.81. The van der Waals surface area contributed by atoms with Gasteiger partial charge in [-0.25, -0.2) is 4.79 Å². The summed E-state index contributed by atoms with van der Waals surface area (Å²) in [5, 5.41) is 0. The van der Waals surface area contributed by atoms with Gasteiger partial charge < -0.3 is 9.47 Å². The largest absolute Gasteiger partial charge is 0.496 e. The SMILES string of the molecule is COc1ccc(C)cc1COC(=O)C(CCSC)N1C(=O)c2ccccc2C1=O. The number of carbonyl (C=O) groups is 3. The fourth-order valence-electron chi connectivity index (χ4n) is 3.34. The van der Waals surface area contributed by atoms with Crippen molar-refractivity contribution in [3.63, 3.8) is 0 Å². The minimum absolute atomic E-state index is 0.00260. The summed E-state index contributed by atoms with van der Waals surface area (Å²) in [6.45, 7) is 1.94. The fourth-order valence-corrected chi connectivity index (χ4v) is 3.80. The lowest BCUT2D eigenvalue weighted by molar-refractivity contribution is -0.149. The van der Waals surface area contributed by atoms with Gasteiger partial charge in [-0.15, -0.1) is 0 Å². The highest BCUT2D eigenvalue weighted by Crippen LogP contribution is 2.27. The number of aryl methyl sites for hydroxylation is 1. The number of hydrogen-bond donors (Lipinski definition) is 0. The van der Waals surface area contributed by atoms with Crippen LogP contribution in [-0.2, 0) is 16.1 Å². The molecule has 2 amide bonds. The van der Waals surface area contributed by atoms with Crippen LogP contribution in [0.5, 0.6) is 5.75 Å². The highest BCUT2D eigenvalue weighted by molar-refractivity contribution is 7.98. The van der Waals surface area contributed by atoms with Crippen LogP contribution in [0.2, 0.25) is 0 Å². The second kappa shape index (κ2) is 9.13. The van der Waals surface area contributed by atoms with Gasteiger partial charge in [0.25, 0.3) is 11.8 Å². The minimum Gasteiger partial charge on any atom is -0.496 e. The van der Waals surface area contributed by atoms with Crippen molar-refractivity contribution in [2.75, 3.05) is 19.1 Å². The first-order valence-corrected chi connectivity index (χ1v) is 10.6. The van der Waals surface area contributed by atoms with E-state index in [1.165, 1.54) is 11.8 Å². The van der Waals surface area contributed by atoms with E-state index in [4.69, 9.17) is 9.47 Å². The molecule has 7 heteroatoms. The van der Waals surface area contributed by atoms with Gasteiger partial charge in [0.15, 0.2) is 0 Å². The number of rotatable bonds is 8. The molecule has 152 valence electrons. The lowest BCUT2D eigenvalue weighted by atomic mass is 10.1. The average Bonchev–Trinajstić information content (AvgIpc) is 2.98. The molecule has 1 atom stereocenters. The smallest absolute Gasteiger partial charge is 0.329 e. The number of amides is 2. The van der Waals surface area contributed by atoms with Crippen LogP contribution in [-0.4, -0.2) is 47.8 Å². The first-order chi connectivity index (χ1) is 14.0. The van der Waals surface area contributed by atoms with Crippen molar-refractivity contribution in [2.24, 2.45) is 0 Å². The van der Waals surface area contributed by atoms with Gasteiger partial charge in [-0.05, 0) is 49.6 Å². The third kappa shape index (κ3) is 4.29. The summed E-state index contributed by atoms with van der Waals surface area (Å²) in [4.78, 5) is 39.6. The molecule has 1 heterocycles. The Balaban J connectivity index is 1.81. The van der Waals surface area contributed by atoms with Crippen molar-refractivity contribution in [2.45, 2.75) is 26.0 Å². The van der Waals surface area contributed by atoms with Crippen molar-refractivity contribution in [3.8, 4) is 5.75 Å². The van der Waals surface area contributed by atoms with Gasteiger partial charge in [0.1, 0.15) is 18.4 Å². The molecule has 0 saturated carbocycles. The van der Waals surface area contributed by atoms with Crippen LogP contribution in [0, 0.1) is 6.92 Å². The van der Waals surface area contributed by atoms with Crippen molar-refractivity contribution in [1.82, 2.24) is 4.90 Å². The number of ether oxygens (including phenoxy) is 2. The zero-order chi connectivity index (χ0) is 21.0. The zero-order valence-corrected chi connectivity index (χ0v) is 17.5. The van der Waals surface area contributed by atoms with E-state index in [-0.39, 0.29) is 6.61 Å². The van der Waals surface area contributed by atoms with E-state index in [0.29, 0.717) is 29.1 Å². The van der Waals surface area contributed by atoms with Crippen molar-refractivity contribution in [1.29, 1.82) is 0 Å². The molecule has 0 N–H and O–H groups in total. The molecule has 0 aromatic heterocycles. The summed E-state index contributed by atoms with van der Waals surface area (Å²) in [6, 6.07) is 11.2. The van der Waals surface area contributed by atoms with Crippen LogP contribution in [0.4, 0.5) is 0 Å². The Bertz CT molecular complexity index is 908. The van der Waals surface area contributed by atoms with Crippen molar-refractivity contribution >= 4 is 29.5 Å². The molecule has 3 rings (SSSR count). The van der Waals surface area contributed by atoms with E-state index in [0.717, 1.165) is 16.0 Å². The van der Waals surface area contributed by atoms with Gasteiger partial charge in [-0.3, -0.25) is 14.5 Å². The zero-order valence-electron chi connectivity index (χ0n) is 16.6. The van der Waals surface area contributed by atoms with E-state index in [2.05, 4.69) is 0 Å². The monoisotopic (exact) mass is 413 g/mol. The molecule has 6 nitrogen and oxygen atoms in total. The second-order valence-corrected chi connectivity index (χ2v) is 7.73. The summed E-state index contributed by atoms with van der Waals surface area (Å²) in [7, 11) is 1.55. The van der Waals surface area contributed by atoms with Crippen molar-refractivity contribution in [3.05, 3.63) is 64.7 Å². The quantitative estimate of drug-likeness (QED) is 0.487. The average molecular weight is 413 g/mol. The van der Waals surface area contributed by atoms with E-state index in [9.17, 15) is 14.4 Å². The number of nitrogens with zero attached hydrogens (tertiary/aromatic N) is 1. The number of hydrogen-bond acceptors (Lipinski definition) is 6. The molecule has 0 radical (unpaired) electrons. The summed E-state index contributed by atoms with van der Waals surface area (Å²) in [6.07, 6.45) is 2.23. The Kier molecular flexibility index (Phi) is 6.59. The number of carbonyl (C=O) groups excluding carboxylic acids is 3. The van der Waals surface area contributed by atoms with Gasteiger partial charge in [-0.2, -0.15) is 11.8 Å². The first kappa shape index (κ1) is 20.9. The van der Waals surface area contributed by atoms with Gasteiger partial charge in [0.2, 0.25) is 0 Å². The molecule has 0 spiro atoms. The molecular weight excluding hydrogens is 390 g/mol. The highest BCUT2D eigenvalue weighted by Gasteiger charge is 2.43. The molecule has 1 aliphatic rings. The van der Waals surface area contributed by atoms with E-state index in [1.807, 2.05) is 31.4 Å². The molecule has 2 aromatic rings. The first-order valence-electron chi connectivity index (χ1n) is 9.24. The normalized spacial score (nSPS) is 14.0. The summed E-state index contributed by atoms with van der Waals surface area (Å²) in [5.41, 5.74) is 2.38. The number of imide groups is 1. The maximum Gasteiger partial charge on any atom is 0.329 e. The van der Waals surface area contributed by atoms with E-state index >= 15 is 0 Å². The Morgan fingerprint density at radius 1 is 1.10 bits per heavy atom. The standard InChI is InChI=1S/C22H23NO5S/c1-14-8-9-19(27-2)15(12-14)13-28-22(26)18(10-11-29-3)23-20(24)16-6-4-5-7-17(16)21(23)25/h4-9,12,18H,10-11,13H2,1-3H3. The Hall–Kier alpha value is -2.80. The predicted molar refractivity (Wildman–Crippen MR) is 111 cm³/mol. The molecule has 0 aliphatic carbocycles. The van der Waals surface area contributed by atoms with Crippen molar-refractivity contribution < 1.29 is 23.9 Å². The van der Waals surface area contributed by atoms with Gasteiger partial charge >= 0.3 is 5.97 Å². The number of thioether (sulfide) groups is 1. The number of benzene rings is 2. The van der Waals surface area contributed by atoms with Crippen LogP contribution in [0.3, 0.4) is 0 Å². The van der Waals surface area contributed by atoms with Crippen LogP contribution in [0.1, 0.15) is 38.3 Å². The second-order valence-electron chi connectivity index (χ2n) is 6.75. The van der Waals surface area contributed by atoms with E-state index < -0.39 is 23.8 Å². The summed E-state index contributed by atoms with van der Waals surface area (Å²) >= 11 is 1.54. The summed E-state index contributed by atoms with van der Waals surface area (Å²) in [5.74, 6) is -0.286. The lowest BCUT2D eigenvalue weighted by Gasteiger charge is -2.24. The van der Waals surface area contributed by atoms with Gasteiger partial charge in [-0.1, -0.05) is 23.8 Å². The lowest BCUT2D eigenvalue weighted by Crippen LogP contribution is -2.46. The maximum atomic E-state index is 12.9. The molecular formula is C22H23NO5S. The molecule has 2 aromatic carbocycles. The van der Waals surface area contributed by atoms with Crippen LogP contribution in [0.15, 0.2) is 42.5 Å². The Morgan fingerprint density at radius 3 is 2.34 bits per heavy atom. The molecule has 1 aliphatic heterocycles. The van der Waals surface area contributed by atoms with Gasteiger partial charge in [0, 0.05) is 5.56 Å². The molecule has 1 unspecified atom stereocenters. The van der Waals surface area contributed by atoms with E-state index in [1.54, 1.807) is 31.4 Å². The number of fused-ring (bicyclic) bond motifs is 1. The topological polar surface area (TPSA) is 72.9 Å². The number of methoxy groups -OCH3 is 1. The highest BCUT2D eigenvalue weighted by atomic mass is 32.2. The predicted octanol–water partition coefficient (Wildman–Crippen LogP) is 3.46. The number of esters is 1. The van der Waals surface area contributed by atoms with Gasteiger partial charge in [0.05, 0.1) is 18.2 Å².